The first kappa shape index (κ1) is 11.2. The summed E-state index contributed by atoms with van der Waals surface area (Å²) in [6.45, 7) is 2.74. The zero-order chi connectivity index (χ0) is 11.4. The van der Waals surface area contributed by atoms with E-state index in [0.29, 0.717) is 18.9 Å². The van der Waals surface area contributed by atoms with Crippen LogP contribution in [0.1, 0.15) is 18.4 Å². The lowest BCUT2D eigenvalue weighted by Crippen LogP contribution is -2.28. The maximum Gasteiger partial charge on any atom is 0.222 e. The first-order chi connectivity index (χ1) is 7.75. The van der Waals surface area contributed by atoms with Crippen molar-refractivity contribution >= 4 is 5.91 Å². The number of rotatable bonds is 4. The van der Waals surface area contributed by atoms with Gasteiger partial charge in [-0.05, 0) is 37.1 Å². The molecule has 2 N–H and O–H groups in total. The molecule has 2 rings (SSSR count). The predicted octanol–water partition coefficient (Wildman–Crippen LogP) is 0.973. The van der Waals surface area contributed by atoms with Crippen LogP contribution >= 0.6 is 0 Å². The van der Waals surface area contributed by atoms with E-state index in [1.54, 1.807) is 0 Å². The molecule has 88 valence electrons. The van der Waals surface area contributed by atoms with E-state index < -0.39 is 0 Å². The minimum atomic E-state index is 0.245. The first-order valence-corrected chi connectivity index (χ1v) is 5.82. The van der Waals surface area contributed by atoms with Crippen LogP contribution in [0.15, 0.2) is 18.5 Å². The highest BCUT2D eigenvalue weighted by Gasteiger charge is 2.20. The summed E-state index contributed by atoms with van der Waals surface area (Å²) >= 11 is 0. The SMILES string of the molecule is CN(Cc1cc[nH]c1)C(=O)CC1CCNC1. The molecule has 4 nitrogen and oxygen atoms in total. The lowest BCUT2D eigenvalue weighted by atomic mass is 10.0. The average molecular weight is 221 g/mol. The van der Waals surface area contributed by atoms with Crippen LogP contribution in [0.3, 0.4) is 0 Å². The minimum absolute atomic E-state index is 0.245. The van der Waals surface area contributed by atoms with E-state index in [2.05, 4.69) is 10.3 Å². The van der Waals surface area contributed by atoms with Gasteiger partial charge in [-0.1, -0.05) is 0 Å². The summed E-state index contributed by atoms with van der Waals surface area (Å²) in [6.07, 6.45) is 5.62. The standard InChI is InChI=1S/C12H19N3O/c1-15(9-11-3-5-14-8-11)12(16)6-10-2-4-13-7-10/h3,5,8,10,13-14H,2,4,6-7,9H2,1H3. The highest BCUT2D eigenvalue weighted by molar-refractivity contribution is 5.76. The van der Waals surface area contributed by atoms with Crippen molar-refractivity contribution < 1.29 is 4.79 Å². The monoisotopic (exact) mass is 221 g/mol. The summed E-state index contributed by atoms with van der Waals surface area (Å²) in [7, 11) is 1.87. The van der Waals surface area contributed by atoms with Gasteiger partial charge in [0.1, 0.15) is 0 Å². The Morgan fingerprint density at radius 2 is 2.50 bits per heavy atom. The third-order valence-corrected chi connectivity index (χ3v) is 3.13. The maximum absolute atomic E-state index is 11.9. The number of nitrogens with zero attached hydrogens (tertiary/aromatic N) is 1. The Morgan fingerprint density at radius 1 is 1.62 bits per heavy atom. The van der Waals surface area contributed by atoms with Crippen LogP contribution in [0.2, 0.25) is 0 Å². The van der Waals surface area contributed by atoms with Gasteiger partial charge in [-0.15, -0.1) is 0 Å². The van der Waals surface area contributed by atoms with Crippen molar-refractivity contribution in [2.45, 2.75) is 19.4 Å². The van der Waals surface area contributed by atoms with Gasteiger partial charge < -0.3 is 15.2 Å². The van der Waals surface area contributed by atoms with Gasteiger partial charge in [-0.25, -0.2) is 0 Å². The summed E-state index contributed by atoms with van der Waals surface area (Å²) in [5.41, 5.74) is 1.15. The van der Waals surface area contributed by atoms with Crippen LogP contribution in [0, 0.1) is 5.92 Å². The van der Waals surface area contributed by atoms with Crippen LogP contribution in [-0.2, 0) is 11.3 Å². The van der Waals surface area contributed by atoms with Gasteiger partial charge in [0, 0.05) is 32.4 Å². The van der Waals surface area contributed by atoms with Gasteiger partial charge in [0.2, 0.25) is 5.91 Å². The van der Waals surface area contributed by atoms with E-state index in [1.807, 2.05) is 30.4 Å². The predicted molar refractivity (Wildman–Crippen MR) is 62.9 cm³/mol. The first-order valence-electron chi connectivity index (χ1n) is 5.82. The van der Waals surface area contributed by atoms with Crippen molar-refractivity contribution in [3.8, 4) is 0 Å². The summed E-state index contributed by atoms with van der Waals surface area (Å²) in [6, 6.07) is 2.00. The second-order valence-electron chi connectivity index (χ2n) is 4.53. The smallest absolute Gasteiger partial charge is 0.222 e. The third kappa shape index (κ3) is 2.85. The Kier molecular flexibility index (Phi) is 3.62. The quantitative estimate of drug-likeness (QED) is 0.796. The van der Waals surface area contributed by atoms with Gasteiger partial charge in [-0.2, -0.15) is 0 Å². The molecule has 1 atom stereocenters. The largest absolute Gasteiger partial charge is 0.367 e. The number of H-pyrrole nitrogens is 1. The summed E-state index contributed by atoms with van der Waals surface area (Å²) in [5.74, 6) is 0.774. The van der Waals surface area contributed by atoms with E-state index in [0.717, 1.165) is 25.1 Å². The average Bonchev–Trinajstić information content (AvgIpc) is 2.90. The lowest BCUT2D eigenvalue weighted by molar-refractivity contribution is -0.131. The molecule has 1 amide bonds. The van der Waals surface area contributed by atoms with Gasteiger partial charge >= 0.3 is 0 Å². The number of hydrogen-bond donors (Lipinski definition) is 2. The lowest BCUT2D eigenvalue weighted by Gasteiger charge is -2.18. The summed E-state index contributed by atoms with van der Waals surface area (Å²) in [4.78, 5) is 16.7. The topological polar surface area (TPSA) is 48.1 Å². The zero-order valence-corrected chi connectivity index (χ0v) is 9.70. The number of hydrogen-bond acceptors (Lipinski definition) is 2. The molecule has 16 heavy (non-hydrogen) atoms. The van der Waals surface area contributed by atoms with Crippen molar-refractivity contribution in [3.63, 3.8) is 0 Å². The molecule has 1 saturated heterocycles. The second kappa shape index (κ2) is 5.16. The van der Waals surface area contributed by atoms with Crippen LogP contribution in [0.4, 0.5) is 0 Å². The van der Waals surface area contributed by atoms with Crippen molar-refractivity contribution in [3.05, 3.63) is 24.0 Å². The van der Waals surface area contributed by atoms with E-state index in [9.17, 15) is 4.79 Å². The van der Waals surface area contributed by atoms with Crippen LogP contribution in [0.5, 0.6) is 0 Å². The zero-order valence-electron chi connectivity index (χ0n) is 9.70. The number of aromatic amines is 1. The van der Waals surface area contributed by atoms with Crippen LogP contribution in [0.25, 0.3) is 0 Å². The van der Waals surface area contributed by atoms with Gasteiger partial charge in [0.15, 0.2) is 0 Å². The molecule has 1 aromatic rings. The molecule has 1 aliphatic rings. The minimum Gasteiger partial charge on any atom is -0.367 e. The van der Waals surface area contributed by atoms with E-state index >= 15 is 0 Å². The summed E-state index contributed by atoms with van der Waals surface area (Å²) in [5, 5.41) is 3.29. The van der Waals surface area contributed by atoms with Crippen molar-refractivity contribution in [2.75, 3.05) is 20.1 Å². The number of carbonyl (C=O) groups excluding carboxylic acids is 1. The molecule has 1 unspecified atom stereocenters. The molecule has 0 aromatic carbocycles. The second-order valence-corrected chi connectivity index (χ2v) is 4.53. The number of aromatic nitrogens is 1. The molecule has 0 spiro atoms. The van der Waals surface area contributed by atoms with Crippen molar-refractivity contribution in [2.24, 2.45) is 5.92 Å². The number of nitrogens with one attached hydrogen (secondary N) is 2. The molecule has 0 radical (unpaired) electrons. The molecule has 0 saturated carbocycles. The highest BCUT2D eigenvalue weighted by Crippen LogP contribution is 2.14. The fraction of sp³-hybridized carbons (Fsp3) is 0.583. The number of amides is 1. The van der Waals surface area contributed by atoms with Crippen LogP contribution in [-0.4, -0.2) is 35.9 Å². The number of carbonyl (C=O) groups is 1. The van der Waals surface area contributed by atoms with Crippen molar-refractivity contribution in [1.29, 1.82) is 0 Å². The normalized spacial score (nSPS) is 19.9. The summed E-state index contributed by atoms with van der Waals surface area (Å²) < 4.78 is 0. The van der Waals surface area contributed by atoms with Crippen LogP contribution < -0.4 is 5.32 Å². The van der Waals surface area contributed by atoms with Gasteiger partial charge in [-0.3, -0.25) is 4.79 Å². The van der Waals surface area contributed by atoms with Gasteiger partial charge in [0.05, 0.1) is 0 Å². The molecular formula is C12H19N3O. The Bertz CT molecular complexity index is 328. The molecule has 1 fully saturated rings. The molecule has 1 aromatic heterocycles. The highest BCUT2D eigenvalue weighted by atomic mass is 16.2. The molecule has 0 bridgehead atoms. The fourth-order valence-electron chi connectivity index (χ4n) is 2.11. The molecule has 4 heteroatoms. The third-order valence-electron chi connectivity index (χ3n) is 3.13. The van der Waals surface area contributed by atoms with Gasteiger partial charge in [0.25, 0.3) is 0 Å². The maximum atomic E-state index is 11.9. The molecule has 0 aliphatic carbocycles. The van der Waals surface area contributed by atoms with Crippen molar-refractivity contribution in [1.82, 2.24) is 15.2 Å². The van der Waals surface area contributed by atoms with E-state index in [1.165, 1.54) is 0 Å². The molecule has 1 aliphatic heterocycles. The van der Waals surface area contributed by atoms with E-state index in [4.69, 9.17) is 0 Å². The fourth-order valence-corrected chi connectivity index (χ4v) is 2.11. The molecular weight excluding hydrogens is 202 g/mol. The van der Waals surface area contributed by atoms with E-state index in [-0.39, 0.29) is 5.91 Å². The molecule has 2 heterocycles. The Labute approximate surface area is 96.0 Å². The Balaban J connectivity index is 1.79. The Hall–Kier alpha value is -1.29. The Morgan fingerprint density at radius 3 is 3.12 bits per heavy atom.